The molecule has 18 heteroatoms. The van der Waals surface area contributed by atoms with Gasteiger partial charge in [-0.15, -0.1) is 0 Å². The molecule has 0 radical (unpaired) electrons. The van der Waals surface area contributed by atoms with Crippen molar-refractivity contribution in [2.75, 3.05) is 67.2 Å². The number of piperidine rings is 1. The molecule has 0 aromatic heterocycles. The second kappa shape index (κ2) is 21.7. The van der Waals surface area contributed by atoms with Crippen LogP contribution in [0.25, 0.3) is 0 Å². The summed E-state index contributed by atoms with van der Waals surface area (Å²) in [5.41, 5.74) is 11.5. The minimum absolute atomic E-state index is 0.0348. The van der Waals surface area contributed by atoms with E-state index in [9.17, 15) is 38.0 Å². The Labute approximate surface area is 399 Å². The molecule has 7 N–H and O–H groups in total. The fourth-order valence-corrected chi connectivity index (χ4v) is 9.68. The number of benzene rings is 4. The average molecular weight is 948 g/mol. The lowest BCUT2D eigenvalue weighted by Crippen LogP contribution is -2.60. The van der Waals surface area contributed by atoms with E-state index in [0.717, 1.165) is 62.4 Å². The summed E-state index contributed by atoms with van der Waals surface area (Å²) < 4.78 is 32.0. The average Bonchev–Trinajstić information content (AvgIpc) is 3.58. The van der Waals surface area contributed by atoms with E-state index in [1.165, 1.54) is 12.1 Å². The number of nitrogen functional groups attached to an aromatic ring is 1. The van der Waals surface area contributed by atoms with Crippen molar-refractivity contribution in [2.24, 2.45) is 0 Å². The zero-order chi connectivity index (χ0) is 48.7. The molecule has 4 aromatic carbocycles. The summed E-state index contributed by atoms with van der Waals surface area (Å²) in [7, 11) is 0. The van der Waals surface area contributed by atoms with Crippen LogP contribution in [0.2, 0.25) is 0 Å². The number of quaternary nitrogens is 1. The van der Waals surface area contributed by atoms with Crippen LogP contribution in [0.1, 0.15) is 107 Å². The highest BCUT2D eigenvalue weighted by Gasteiger charge is 2.49. The summed E-state index contributed by atoms with van der Waals surface area (Å²) in [6.45, 7) is 4.15. The molecular weight excluding hydrogens is 889 g/mol. The highest BCUT2D eigenvalue weighted by Crippen LogP contribution is 2.36. The van der Waals surface area contributed by atoms with Gasteiger partial charge in [0.1, 0.15) is 24.0 Å². The highest BCUT2D eigenvalue weighted by atomic mass is 19.1. The predicted molar refractivity (Wildman–Crippen MR) is 257 cm³/mol. The first-order valence-corrected chi connectivity index (χ1v) is 23.8. The third-order valence-corrected chi connectivity index (χ3v) is 13.5. The van der Waals surface area contributed by atoms with E-state index < -0.39 is 46.0 Å². The number of nitrogens with one attached hydrogen (secondary N) is 5. The smallest absolute Gasteiger partial charge is 0.347 e. The van der Waals surface area contributed by atoms with E-state index in [1.807, 2.05) is 17.0 Å². The summed E-state index contributed by atoms with van der Waals surface area (Å²) >= 11 is 0. The number of carbonyl (C=O) groups excluding carboxylic acids is 5. The number of amidine groups is 1. The summed E-state index contributed by atoms with van der Waals surface area (Å²) in [4.78, 5) is 68.2. The first-order chi connectivity index (χ1) is 33.2. The van der Waals surface area contributed by atoms with Gasteiger partial charge in [-0.2, -0.15) is 0 Å². The lowest BCUT2D eigenvalue weighted by molar-refractivity contribution is -0.825. The van der Waals surface area contributed by atoms with Gasteiger partial charge < -0.3 is 41.4 Å². The fraction of sp³-hybridized carbons (Fsp3) is 0.412. The molecule has 4 aromatic rings. The molecule has 4 heterocycles. The van der Waals surface area contributed by atoms with Gasteiger partial charge in [0.15, 0.2) is 6.04 Å². The van der Waals surface area contributed by atoms with E-state index in [0.29, 0.717) is 85.9 Å². The summed E-state index contributed by atoms with van der Waals surface area (Å²) in [5.74, 6) is -3.72. The number of halogens is 2. The second-order valence-corrected chi connectivity index (χ2v) is 18.4. The molecule has 2 unspecified atom stereocenters. The van der Waals surface area contributed by atoms with Crippen LogP contribution in [0.15, 0.2) is 72.8 Å². The van der Waals surface area contributed by atoms with Crippen molar-refractivity contribution >= 4 is 58.1 Å². The SMILES string of the molecule is N=C(NC(=O)c1ccc(N2CCN(C(=O)CCCCCCCNc3ccc4c(c3)C[N+]([O-])(C3CCC(=O)NC3=O)C4=O)CC2)cc1NC1CCOCC1)c1cc(Cc2cc(F)cc(F)c2)ccc1N. The number of carbonyl (C=O) groups is 5. The summed E-state index contributed by atoms with van der Waals surface area (Å²) in [6, 6.07) is 18.0. The Bertz CT molecular complexity index is 2600. The molecule has 0 spiro atoms. The fourth-order valence-electron chi connectivity index (χ4n) is 9.68. The van der Waals surface area contributed by atoms with Crippen LogP contribution in [-0.2, 0) is 32.1 Å². The molecule has 69 heavy (non-hydrogen) atoms. The van der Waals surface area contributed by atoms with Crippen LogP contribution < -0.4 is 31.9 Å². The Morgan fingerprint density at radius 3 is 2.33 bits per heavy atom. The Balaban J connectivity index is 0.776. The maximum atomic E-state index is 13.9. The molecule has 5 amide bonds. The number of piperazine rings is 1. The largest absolute Gasteiger partial charge is 0.624 e. The monoisotopic (exact) mass is 947 g/mol. The standard InChI is InChI=1S/C51H59F2N9O7/c52-35-25-33(26-36(53)29-35)24-32-7-12-43(54)42(27-32)48(55)59-49(65)41-11-9-39(30-44(41)57-37-15-22-69-23-16-37)60-18-20-61(21-19-60)47(64)6-4-2-1-3-5-17-56-38-8-10-40-34(28-38)31-62(68,51(40)67)45-13-14-46(63)58-50(45)66/h7-12,25-30,37,45,56-57H,1-6,13-24,31,54H2,(H2,55,59,65)(H,58,63,66). The van der Waals surface area contributed by atoms with Crippen molar-refractivity contribution in [3.8, 4) is 0 Å². The number of hydroxylamine groups is 3. The number of fused-ring (bicyclic) bond motifs is 1. The maximum Gasteiger partial charge on any atom is 0.347 e. The number of anilines is 4. The molecule has 4 aliphatic heterocycles. The maximum absolute atomic E-state index is 13.9. The number of nitrogens with zero attached hydrogens (tertiary/aromatic N) is 3. The van der Waals surface area contributed by atoms with E-state index in [4.69, 9.17) is 15.9 Å². The number of ether oxygens (including phenoxy) is 1. The lowest BCUT2D eigenvalue weighted by Gasteiger charge is -2.42. The van der Waals surface area contributed by atoms with Gasteiger partial charge in [0.25, 0.3) is 11.8 Å². The molecule has 0 aliphatic carbocycles. The van der Waals surface area contributed by atoms with Crippen molar-refractivity contribution in [1.29, 1.82) is 5.41 Å². The van der Waals surface area contributed by atoms with Crippen LogP contribution in [0, 0.1) is 22.3 Å². The molecule has 0 saturated carbocycles. The van der Waals surface area contributed by atoms with Crippen LogP contribution in [0.4, 0.5) is 31.5 Å². The third kappa shape index (κ3) is 11.8. The van der Waals surface area contributed by atoms with Crippen molar-refractivity contribution < 1.29 is 42.1 Å². The minimum Gasteiger partial charge on any atom is -0.624 e. The predicted octanol–water partition coefficient (Wildman–Crippen LogP) is 6.36. The second-order valence-electron chi connectivity index (χ2n) is 18.4. The van der Waals surface area contributed by atoms with Crippen molar-refractivity contribution in [3.63, 3.8) is 0 Å². The number of nitrogens with two attached hydrogens (primary N) is 1. The number of hydrogen-bond acceptors (Lipinski definition) is 12. The van der Waals surface area contributed by atoms with Crippen LogP contribution in [0.3, 0.4) is 0 Å². The van der Waals surface area contributed by atoms with Gasteiger partial charge in [-0.1, -0.05) is 25.3 Å². The van der Waals surface area contributed by atoms with Gasteiger partial charge >= 0.3 is 5.91 Å². The van der Waals surface area contributed by atoms with Crippen molar-refractivity contribution in [1.82, 2.24) is 15.5 Å². The number of rotatable bonds is 17. The molecule has 364 valence electrons. The Kier molecular flexibility index (Phi) is 15.3. The van der Waals surface area contributed by atoms with Gasteiger partial charge in [-0.05, 0) is 104 Å². The molecule has 4 aliphatic rings. The van der Waals surface area contributed by atoms with E-state index in [-0.39, 0.29) is 54.8 Å². The highest BCUT2D eigenvalue weighted by molar-refractivity contribution is 6.15. The van der Waals surface area contributed by atoms with Gasteiger partial charge in [0.05, 0.1) is 11.1 Å². The summed E-state index contributed by atoms with van der Waals surface area (Å²) in [5, 5.41) is 34.2. The van der Waals surface area contributed by atoms with Crippen LogP contribution in [0.5, 0.6) is 0 Å². The number of amides is 5. The van der Waals surface area contributed by atoms with Crippen LogP contribution in [-0.4, -0.2) is 103 Å². The van der Waals surface area contributed by atoms with Gasteiger partial charge in [0, 0.05) is 111 Å². The van der Waals surface area contributed by atoms with Crippen molar-refractivity contribution in [3.05, 3.63) is 123 Å². The molecule has 0 bridgehead atoms. The number of hydrogen-bond donors (Lipinski definition) is 6. The van der Waals surface area contributed by atoms with E-state index >= 15 is 0 Å². The number of imide groups is 1. The normalized spacial score (nSPS) is 19.5. The molecule has 2 atom stereocenters. The van der Waals surface area contributed by atoms with Gasteiger partial charge in [0.2, 0.25) is 11.8 Å². The third-order valence-electron chi connectivity index (χ3n) is 13.5. The molecule has 3 saturated heterocycles. The number of unbranched alkanes of at least 4 members (excludes halogenated alkanes) is 4. The molecular formula is C51H59F2N9O7. The van der Waals surface area contributed by atoms with Crippen LogP contribution >= 0.6 is 0 Å². The Morgan fingerprint density at radius 1 is 0.841 bits per heavy atom. The first-order valence-electron chi connectivity index (χ1n) is 23.8. The van der Waals surface area contributed by atoms with E-state index in [1.54, 1.807) is 42.5 Å². The van der Waals surface area contributed by atoms with Crippen molar-refractivity contribution in [2.45, 2.75) is 89.3 Å². The lowest BCUT2D eigenvalue weighted by atomic mass is 10.0. The Hall–Kier alpha value is -6.76. The minimum atomic E-state index is -1.30. The zero-order valence-corrected chi connectivity index (χ0v) is 38.6. The first kappa shape index (κ1) is 48.7. The summed E-state index contributed by atoms with van der Waals surface area (Å²) in [6.07, 6.45) is 6.87. The van der Waals surface area contributed by atoms with Gasteiger partial charge in [-0.3, -0.25) is 34.6 Å². The molecule has 3 fully saturated rings. The zero-order valence-electron chi connectivity index (χ0n) is 38.6. The molecule has 16 nitrogen and oxygen atoms in total. The topological polar surface area (TPSA) is 222 Å². The molecule has 8 rings (SSSR count). The Morgan fingerprint density at radius 2 is 1.58 bits per heavy atom. The van der Waals surface area contributed by atoms with Gasteiger partial charge in [-0.25, -0.2) is 13.6 Å². The quantitative estimate of drug-likeness (QED) is 0.0130. The van der Waals surface area contributed by atoms with E-state index in [2.05, 4.69) is 26.2 Å².